The molecule has 0 unspecified atom stereocenters. The summed E-state index contributed by atoms with van der Waals surface area (Å²) in [5.74, 6) is -0.162. The molecule has 0 aliphatic carbocycles. The van der Waals surface area contributed by atoms with E-state index in [0.717, 1.165) is 22.3 Å². The minimum Gasteiger partial charge on any atom is -0.490 e. The summed E-state index contributed by atoms with van der Waals surface area (Å²) >= 11 is 9.92. The average molecular weight is 607 g/mol. The van der Waals surface area contributed by atoms with Crippen LogP contribution >= 0.6 is 39.9 Å². The van der Waals surface area contributed by atoms with Crippen LogP contribution in [0.1, 0.15) is 42.3 Å². The molecule has 1 fully saturated rings. The zero-order chi connectivity index (χ0) is 27.1. The third-order valence-electron chi connectivity index (χ3n) is 5.41. The van der Waals surface area contributed by atoms with E-state index in [-0.39, 0.29) is 16.8 Å². The summed E-state index contributed by atoms with van der Waals surface area (Å²) in [4.78, 5) is 40.0. The molecule has 1 heterocycles. The predicted molar refractivity (Wildman–Crippen MR) is 152 cm³/mol. The Kier molecular flexibility index (Phi) is 10.1. The van der Waals surface area contributed by atoms with Crippen molar-refractivity contribution >= 4 is 68.0 Å². The number of hydrogen-bond acceptors (Lipinski definition) is 7. The second-order valence-electron chi connectivity index (χ2n) is 7.94. The molecule has 0 atom stereocenters. The van der Waals surface area contributed by atoms with Gasteiger partial charge < -0.3 is 14.4 Å². The van der Waals surface area contributed by atoms with Crippen LogP contribution in [0.15, 0.2) is 45.8 Å². The number of thioether (sulfide) groups is 1. The van der Waals surface area contributed by atoms with Crippen LogP contribution in [0, 0.1) is 6.92 Å². The zero-order valence-electron chi connectivity index (χ0n) is 21.0. The number of aryl methyl sites for hydroxylation is 1. The molecule has 0 aromatic heterocycles. The summed E-state index contributed by atoms with van der Waals surface area (Å²) in [6.07, 6.45) is 1.66. The Hall–Kier alpha value is -2.89. The Morgan fingerprint density at radius 1 is 1.14 bits per heavy atom. The lowest BCUT2D eigenvalue weighted by molar-refractivity contribution is -0.133. The van der Waals surface area contributed by atoms with Gasteiger partial charge in [-0.25, -0.2) is 0 Å². The molecule has 0 spiro atoms. The van der Waals surface area contributed by atoms with Crippen molar-refractivity contribution in [2.75, 3.05) is 26.3 Å². The fourth-order valence-corrected chi connectivity index (χ4v) is 5.22. The standard InChI is InChI=1S/C26H28BrN3O5S2/c1-5-29(6-2)22(31)15-35-23-19(27)12-17(13-20(23)34-7-3)14-21-25(33)30(26(36)37-21)28-24(32)18-10-8-16(4)9-11-18/h8-14H,5-7,15H2,1-4H3,(H,28,32)/b21-14+. The highest BCUT2D eigenvalue weighted by Gasteiger charge is 2.34. The van der Waals surface area contributed by atoms with Crippen LogP contribution in [-0.4, -0.2) is 58.3 Å². The van der Waals surface area contributed by atoms with E-state index in [0.29, 0.717) is 51.7 Å². The zero-order valence-corrected chi connectivity index (χ0v) is 24.2. The molecule has 2 aromatic rings. The van der Waals surface area contributed by atoms with Crippen molar-refractivity contribution in [3.8, 4) is 11.5 Å². The van der Waals surface area contributed by atoms with Crippen LogP contribution in [-0.2, 0) is 9.59 Å². The van der Waals surface area contributed by atoms with Gasteiger partial charge in [-0.05, 0) is 91.7 Å². The molecule has 0 radical (unpaired) electrons. The summed E-state index contributed by atoms with van der Waals surface area (Å²) in [7, 11) is 0. The lowest BCUT2D eigenvalue weighted by Crippen LogP contribution is -2.44. The summed E-state index contributed by atoms with van der Waals surface area (Å²) < 4.78 is 12.3. The number of rotatable bonds is 10. The maximum absolute atomic E-state index is 13.0. The largest absolute Gasteiger partial charge is 0.490 e. The number of hydrogen-bond donors (Lipinski definition) is 1. The molecular weight excluding hydrogens is 578 g/mol. The van der Waals surface area contributed by atoms with Crippen molar-refractivity contribution in [3.63, 3.8) is 0 Å². The van der Waals surface area contributed by atoms with Crippen molar-refractivity contribution < 1.29 is 23.9 Å². The molecule has 11 heteroatoms. The van der Waals surface area contributed by atoms with Gasteiger partial charge >= 0.3 is 0 Å². The minimum absolute atomic E-state index is 0.125. The number of thiocarbonyl (C=S) groups is 1. The smallest absolute Gasteiger partial charge is 0.285 e. The number of amides is 3. The molecule has 8 nitrogen and oxygen atoms in total. The lowest BCUT2D eigenvalue weighted by Gasteiger charge is -2.20. The molecule has 3 amide bonds. The van der Waals surface area contributed by atoms with Gasteiger partial charge in [0.25, 0.3) is 17.7 Å². The maximum Gasteiger partial charge on any atom is 0.285 e. The summed E-state index contributed by atoms with van der Waals surface area (Å²) in [5.41, 5.74) is 4.68. The van der Waals surface area contributed by atoms with Crippen molar-refractivity contribution in [2.45, 2.75) is 27.7 Å². The van der Waals surface area contributed by atoms with E-state index in [9.17, 15) is 14.4 Å². The molecule has 1 saturated heterocycles. The third kappa shape index (κ3) is 7.12. The van der Waals surface area contributed by atoms with Crippen LogP contribution in [0.25, 0.3) is 6.08 Å². The van der Waals surface area contributed by atoms with Crippen molar-refractivity contribution in [2.24, 2.45) is 0 Å². The van der Waals surface area contributed by atoms with Gasteiger partial charge in [0.15, 0.2) is 22.4 Å². The van der Waals surface area contributed by atoms with Gasteiger partial charge in [0.1, 0.15) is 0 Å². The molecule has 0 bridgehead atoms. The molecule has 196 valence electrons. The number of carbonyl (C=O) groups excluding carboxylic acids is 3. The number of carbonyl (C=O) groups is 3. The SMILES string of the molecule is CCOc1cc(/C=C2/SC(=S)N(NC(=O)c3ccc(C)cc3)C2=O)cc(Br)c1OCC(=O)N(CC)CC. The molecule has 1 aliphatic rings. The van der Waals surface area contributed by atoms with E-state index in [4.69, 9.17) is 21.7 Å². The molecule has 0 saturated carbocycles. The van der Waals surface area contributed by atoms with Gasteiger partial charge in [0.05, 0.1) is 16.0 Å². The van der Waals surface area contributed by atoms with E-state index in [2.05, 4.69) is 21.4 Å². The van der Waals surface area contributed by atoms with Gasteiger partial charge in [0.2, 0.25) is 0 Å². The Balaban J connectivity index is 1.79. The van der Waals surface area contributed by atoms with E-state index in [1.54, 1.807) is 35.2 Å². The highest BCUT2D eigenvalue weighted by atomic mass is 79.9. The minimum atomic E-state index is -0.435. The van der Waals surface area contributed by atoms with E-state index >= 15 is 0 Å². The number of hydrazine groups is 1. The Labute approximate surface area is 234 Å². The van der Waals surface area contributed by atoms with Gasteiger partial charge in [-0.3, -0.25) is 19.8 Å². The first kappa shape index (κ1) is 28.7. The van der Waals surface area contributed by atoms with Gasteiger partial charge in [-0.2, -0.15) is 5.01 Å². The highest BCUT2D eigenvalue weighted by molar-refractivity contribution is 9.10. The van der Waals surface area contributed by atoms with Crippen LogP contribution in [0.2, 0.25) is 0 Å². The molecular formula is C26H28BrN3O5S2. The molecule has 37 heavy (non-hydrogen) atoms. The number of benzene rings is 2. The van der Waals surface area contributed by atoms with E-state index in [1.165, 1.54) is 0 Å². The summed E-state index contributed by atoms with van der Waals surface area (Å²) in [6.45, 7) is 9.04. The fourth-order valence-electron chi connectivity index (χ4n) is 3.46. The van der Waals surface area contributed by atoms with Gasteiger partial charge in [-0.1, -0.05) is 29.5 Å². The lowest BCUT2D eigenvalue weighted by atomic mass is 10.1. The monoisotopic (exact) mass is 605 g/mol. The Morgan fingerprint density at radius 2 is 1.81 bits per heavy atom. The fraction of sp³-hybridized carbons (Fsp3) is 0.308. The Morgan fingerprint density at radius 3 is 2.43 bits per heavy atom. The number of nitrogens with zero attached hydrogens (tertiary/aromatic N) is 2. The first-order valence-electron chi connectivity index (χ1n) is 11.7. The maximum atomic E-state index is 13.0. The topological polar surface area (TPSA) is 88.2 Å². The summed E-state index contributed by atoms with van der Waals surface area (Å²) in [5, 5.41) is 1.07. The molecule has 3 rings (SSSR count). The van der Waals surface area contributed by atoms with Crippen molar-refractivity contribution in [1.29, 1.82) is 0 Å². The van der Waals surface area contributed by atoms with Gasteiger partial charge in [-0.15, -0.1) is 0 Å². The number of nitrogens with one attached hydrogen (secondary N) is 1. The Bertz CT molecular complexity index is 1230. The average Bonchev–Trinajstić information content (AvgIpc) is 3.12. The first-order valence-corrected chi connectivity index (χ1v) is 13.7. The van der Waals surface area contributed by atoms with Crippen molar-refractivity contribution in [1.82, 2.24) is 15.3 Å². The molecule has 1 aliphatic heterocycles. The number of likely N-dealkylation sites (N-methyl/N-ethyl adjacent to an activating group) is 1. The number of halogens is 1. The highest BCUT2D eigenvalue weighted by Crippen LogP contribution is 2.39. The predicted octanol–water partition coefficient (Wildman–Crippen LogP) is 4.95. The molecule has 1 N–H and O–H groups in total. The second-order valence-corrected chi connectivity index (χ2v) is 10.5. The normalized spacial score (nSPS) is 14.2. The van der Waals surface area contributed by atoms with Crippen LogP contribution in [0.5, 0.6) is 11.5 Å². The molecule has 2 aromatic carbocycles. The number of ether oxygens (including phenoxy) is 2. The summed E-state index contributed by atoms with van der Waals surface area (Å²) in [6, 6.07) is 10.5. The van der Waals surface area contributed by atoms with Crippen LogP contribution in [0.4, 0.5) is 0 Å². The first-order chi connectivity index (χ1) is 17.7. The van der Waals surface area contributed by atoms with Gasteiger partial charge in [0, 0.05) is 18.7 Å². The van der Waals surface area contributed by atoms with Crippen molar-refractivity contribution in [3.05, 3.63) is 62.5 Å². The van der Waals surface area contributed by atoms with Crippen LogP contribution in [0.3, 0.4) is 0 Å². The third-order valence-corrected chi connectivity index (χ3v) is 7.30. The van der Waals surface area contributed by atoms with E-state index < -0.39 is 11.8 Å². The quantitative estimate of drug-likeness (QED) is 0.303. The van der Waals surface area contributed by atoms with E-state index in [1.807, 2.05) is 39.8 Å². The van der Waals surface area contributed by atoms with Crippen LogP contribution < -0.4 is 14.9 Å². The second kappa shape index (κ2) is 13.1.